The second-order valence-electron chi connectivity index (χ2n) is 8.03. The third-order valence-electron chi connectivity index (χ3n) is 5.58. The summed E-state index contributed by atoms with van der Waals surface area (Å²) in [6, 6.07) is 10.6. The van der Waals surface area contributed by atoms with Crippen molar-refractivity contribution in [1.82, 2.24) is 9.78 Å². The molecule has 0 unspecified atom stereocenters. The van der Waals surface area contributed by atoms with Gasteiger partial charge in [-0.25, -0.2) is 4.68 Å². The van der Waals surface area contributed by atoms with Crippen molar-refractivity contribution in [3.8, 4) is 11.8 Å². The Hall–Kier alpha value is -3.01. The third-order valence-corrected chi connectivity index (χ3v) is 7.28. The second-order valence-corrected chi connectivity index (χ2v) is 11.3. The minimum atomic E-state index is -10.1. The molecule has 0 radical (unpaired) electrons. The van der Waals surface area contributed by atoms with Gasteiger partial charge < -0.3 is 10.4 Å². The van der Waals surface area contributed by atoms with E-state index in [2.05, 4.69) is 10.4 Å². The van der Waals surface area contributed by atoms with Gasteiger partial charge in [0.1, 0.15) is 22.5 Å². The van der Waals surface area contributed by atoms with Crippen molar-refractivity contribution in [2.75, 3.05) is 5.32 Å². The summed E-state index contributed by atoms with van der Waals surface area (Å²) in [6.07, 6.45) is 0.376. The van der Waals surface area contributed by atoms with Gasteiger partial charge in [-0.05, 0) is 30.5 Å². The van der Waals surface area contributed by atoms with E-state index < -0.39 is 42.2 Å². The van der Waals surface area contributed by atoms with Crippen LogP contribution in [-0.2, 0) is 16.8 Å². The summed E-state index contributed by atoms with van der Waals surface area (Å²) in [6.45, 7) is 0.110. The average molecular weight is 553 g/mol. The zero-order valence-corrected chi connectivity index (χ0v) is 19.7. The number of halogens is 7. The molecule has 1 saturated carbocycles. The number of aliphatic carboxylic acids is 1. The van der Waals surface area contributed by atoms with Crippen molar-refractivity contribution >= 4 is 45.2 Å². The summed E-state index contributed by atoms with van der Waals surface area (Å²) in [7, 11) is -10.1. The van der Waals surface area contributed by atoms with Crippen LogP contribution >= 0.6 is 33.4 Å². The Morgan fingerprint density at radius 2 is 1.71 bits per heavy atom. The smallest absolute Gasteiger partial charge is 0.314 e. The number of anilines is 1. The van der Waals surface area contributed by atoms with Gasteiger partial charge >= 0.3 is 16.2 Å². The van der Waals surface area contributed by atoms with E-state index in [1.54, 1.807) is 36.4 Å². The van der Waals surface area contributed by atoms with Crippen LogP contribution in [0.25, 0.3) is 5.69 Å². The lowest BCUT2D eigenvalue weighted by atomic mass is 9.95. The molecule has 1 fully saturated rings. The maximum Gasteiger partial charge on any atom is 0.314 e. The number of hydrogen-bond acceptors (Lipinski definition) is 4. The number of benzene rings is 2. The highest BCUT2D eigenvalue weighted by atomic mass is 35.5. The molecule has 6 nitrogen and oxygen atoms in total. The van der Waals surface area contributed by atoms with Gasteiger partial charge in [0, 0.05) is 6.54 Å². The van der Waals surface area contributed by atoms with Gasteiger partial charge in [0.15, 0.2) is 5.69 Å². The number of carboxylic acid groups (broad SMARTS) is 1. The second kappa shape index (κ2) is 7.49. The molecule has 35 heavy (non-hydrogen) atoms. The molecule has 1 heterocycles. The van der Waals surface area contributed by atoms with Crippen LogP contribution in [-0.4, -0.2) is 20.9 Å². The number of aromatic nitrogens is 2. The fourth-order valence-corrected chi connectivity index (χ4v) is 5.18. The normalized spacial score (nSPS) is 16.6. The first kappa shape index (κ1) is 25.1. The maximum absolute atomic E-state index is 13.3. The van der Waals surface area contributed by atoms with Crippen molar-refractivity contribution in [2.24, 2.45) is 0 Å². The van der Waals surface area contributed by atoms with E-state index in [0.29, 0.717) is 0 Å². The Morgan fingerprint density at radius 1 is 1.14 bits per heavy atom. The van der Waals surface area contributed by atoms with Crippen LogP contribution in [0.1, 0.15) is 29.7 Å². The molecule has 0 saturated heterocycles. The Kier molecular flexibility index (Phi) is 5.37. The van der Waals surface area contributed by atoms with Crippen molar-refractivity contribution < 1.29 is 29.3 Å². The molecule has 3 aromatic rings. The topological polar surface area (TPSA) is 90.9 Å². The molecule has 1 aromatic heterocycles. The lowest BCUT2D eigenvalue weighted by Crippen LogP contribution is -2.22. The molecule has 14 heteroatoms. The van der Waals surface area contributed by atoms with Crippen LogP contribution in [0.15, 0.2) is 47.4 Å². The zero-order chi connectivity index (χ0) is 25.9. The standard InChI is InChI=1S/C21H15Cl2F5N4O2S/c22-14-8-13(35(24,25,26,27)28)9-15(23)18(14)32-19(30-11-12-4-2-1-3-5-12)17(16(10-29)31-32)21(6-7-21)20(33)34/h1-5,8-9,30H,6-7,11H2,(H,33,34). The Bertz CT molecular complexity index is 1380. The molecule has 1 aliphatic carbocycles. The van der Waals surface area contributed by atoms with Crippen molar-refractivity contribution in [2.45, 2.75) is 29.7 Å². The Morgan fingerprint density at radius 3 is 2.17 bits per heavy atom. The summed E-state index contributed by atoms with van der Waals surface area (Å²) in [4.78, 5) is 9.76. The molecular formula is C21H15Cl2F5N4O2S. The highest BCUT2D eigenvalue weighted by Crippen LogP contribution is 3.02. The van der Waals surface area contributed by atoms with Gasteiger partial charge in [0.2, 0.25) is 0 Å². The first-order valence-corrected chi connectivity index (χ1v) is 12.6. The molecule has 0 aliphatic heterocycles. The van der Waals surface area contributed by atoms with E-state index >= 15 is 0 Å². The summed E-state index contributed by atoms with van der Waals surface area (Å²) < 4.78 is 67.6. The summed E-state index contributed by atoms with van der Waals surface area (Å²) in [5, 5.41) is 24.9. The quantitative estimate of drug-likeness (QED) is 0.297. The van der Waals surface area contributed by atoms with Gasteiger partial charge in [-0.3, -0.25) is 4.79 Å². The van der Waals surface area contributed by atoms with Gasteiger partial charge in [0.25, 0.3) is 0 Å². The molecule has 1 aliphatic rings. The van der Waals surface area contributed by atoms with Gasteiger partial charge in [-0.15, -0.1) is 0 Å². The van der Waals surface area contributed by atoms with Crippen LogP contribution in [0.3, 0.4) is 0 Å². The monoisotopic (exact) mass is 552 g/mol. The minimum Gasteiger partial charge on any atom is -0.481 e. The van der Waals surface area contributed by atoms with Crippen LogP contribution in [0.5, 0.6) is 0 Å². The first-order valence-electron chi connectivity index (χ1n) is 9.86. The maximum atomic E-state index is 13.3. The number of nitrogens with one attached hydrogen (secondary N) is 1. The molecule has 4 rings (SSSR count). The summed E-state index contributed by atoms with van der Waals surface area (Å²) >= 11 is 12.0. The highest BCUT2D eigenvalue weighted by molar-refractivity contribution is 8.45. The molecular weight excluding hydrogens is 538 g/mol. The van der Waals surface area contributed by atoms with E-state index in [4.69, 9.17) is 23.2 Å². The third kappa shape index (κ3) is 4.63. The fourth-order valence-electron chi connectivity index (χ4n) is 3.72. The molecule has 0 atom stereocenters. The highest BCUT2D eigenvalue weighted by Gasteiger charge is 2.65. The first-order chi connectivity index (χ1) is 16.1. The van der Waals surface area contributed by atoms with Gasteiger partial charge in [-0.2, -0.15) is 10.4 Å². The molecule has 2 aromatic carbocycles. The van der Waals surface area contributed by atoms with Gasteiger partial charge in [0.05, 0.1) is 21.0 Å². The van der Waals surface area contributed by atoms with Crippen molar-refractivity contribution in [3.05, 3.63) is 69.3 Å². The SMILES string of the molecule is N#Cc1nn(-c2c(Cl)cc(S(F)(F)(F)(F)F)cc2Cl)c(NCc2ccccc2)c1C1(C(=O)O)CC1. The predicted octanol–water partition coefficient (Wildman–Crippen LogP) is 7.44. The van der Waals surface area contributed by atoms with Crippen LogP contribution in [0.2, 0.25) is 10.0 Å². The number of carbonyl (C=O) groups is 1. The van der Waals surface area contributed by atoms with E-state index in [0.717, 1.165) is 10.2 Å². The summed E-state index contributed by atoms with van der Waals surface area (Å²) in [5.74, 6) is -1.26. The molecule has 186 valence electrons. The van der Waals surface area contributed by atoms with Crippen LogP contribution < -0.4 is 5.32 Å². The minimum absolute atomic E-state index is 0.00681. The summed E-state index contributed by atoms with van der Waals surface area (Å²) in [5.41, 5.74) is -1.43. The molecule has 0 amide bonds. The van der Waals surface area contributed by atoms with E-state index in [-0.39, 0.29) is 48.6 Å². The van der Waals surface area contributed by atoms with Crippen LogP contribution in [0, 0.1) is 11.3 Å². The molecule has 0 spiro atoms. The van der Waals surface area contributed by atoms with Crippen molar-refractivity contribution in [3.63, 3.8) is 0 Å². The number of nitriles is 1. The van der Waals surface area contributed by atoms with E-state index in [1.165, 1.54) is 0 Å². The van der Waals surface area contributed by atoms with Gasteiger partial charge in [-0.1, -0.05) is 73.0 Å². The van der Waals surface area contributed by atoms with Crippen molar-refractivity contribution in [1.29, 1.82) is 5.26 Å². The number of carboxylic acids is 1. The Labute approximate surface area is 205 Å². The largest absolute Gasteiger partial charge is 0.481 e. The lowest BCUT2D eigenvalue weighted by molar-refractivity contribution is -0.140. The average Bonchev–Trinajstić information content (AvgIpc) is 3.47. The molecule has 0 bridgehead atoms. The van der Waals surface area contributed by atoms with E-state index in [1.807, 2.05) is 0 Å². The van der Waals surface area contributed by atoms with E-state index in [9.17, 15) is 34.6 Å². The Balaban J connectivity index is 1.94. The number of rotatable bonds is 7. The number of hydrogen-bond donors (Lipinski definition) is 2. The lowest BCUT2D eigenvalue weighted by Gasteiger charge is -2.40. The number of nitrogens with zero attached hydrogens (tertiary/aromatic N) is 3. The predicted molar refractivity (Wildman–Crippen MR) is 122 cm³/mol. The fraction of sp³-hybridized carbons (Fsp3) is 0.190. The van der Waals surface area contributed by atoms with Crippen LogP contribution in [0.4, 0.5) is 25.2 Å². The zero-order valence-electron chi connectivity index (χ0n) is 17.4. The molecule has 2 N–H and O–H groups in total.